The number of nitrogens with one attached hydrogen (secondary N) is 1. The fourth-order valence-corrected chi connectivity index (χ4v) is 3.45. The van der Waals surface area contributed by atoms with Gasteiger partial charge in [0.05, 0.1) is 18.6 Å². The maximum absolute atomic E-state index is 12.3. The van der Waals surface area contributed by atoms with Gasteiger partial charge in [-0.25, -0.2) is 0 Å². The minimum atomic E-state index is -0.158. The highest BCUT2D eigenvalue weighted by Gasteiger charge is 2.31. The van der Waals surface area contributed by atoms with E-state index in [-0.39, 0.29) is 29.9 Å². The highest BCUT2D eigenvalue weighted by atomic mass is 16.5. The zero-order valence-electron chi connectivity index (χ0n) is 13.3. The molecule has 2 aliphatic rings. The molecule has 1 heterocycles. The highest BCUT2D eigenvalue weighted by molar-refractivity contribution is 5.81. The van der Waals surface area contributed by atoms with E-state index in [1.807, 2.05) is 18.7 Å². The summed E-state index contributed by atoms with van der Waals surface area (Å²) >= 11 is 0. The van der Waals surface area contributed by atoms with Crippen molar-refractivity contribution in [2.75, 3.05) is 19.7 Å². The van der Waals surface area contributed by atoms with Crippen LogP contribution in [0.25, 0.3) is 0 Å². The quantitative estimate of drug-likeness (QED) is 0.785. The molecule has 120 valence electrons. The molecule has 0 radical (unpaired) electrons. The Bertz CT molecular complexity index is 367. The van der Waals surface area contributed by atoms with Gasteiger partial charge in [0.25, 0.3) is 0 Å². The van der Waals surface area contributed by atoms with Gasteiger partial charge in [0.1, 0.15) is 0 Å². The van der Waals surface area contributed by atoms with E-state index in [4.69, 9.17) is 4.74 Å². The van der Waals surface area contributed by atoms with Crippen LogP contribution in [-0.2, 0) is 14.3 Å². The summed E-state index contributed by atoms with van der Waals surface area (Å²) < 4.78 is 5.12. The minimum Gasteiger partial charge on any atom is -0.466 e. The summed E-state index contributed by atoms with van der Waals surface area (Å²) in [6, 6.07) is 0.0868. The second-order valence-electron chi connectivity index (χ2n) is 6.23. The second kappa shape index (κ2) is 7.78. The lowest BCUT2D eigenvalue weighted by Gasteiger charge is -2.31. The van der Waals surface area contributed by atoms with E-state index in [0.29, 0.717) is 6.61 Å². The predicted octanol–water partition coefficient (Wildman–Crippen LogP) is 1.71. The molecule has 0 aromatic carbocycles. The molecule has 1 saturated carbocycles. The van der Waals surface area contributed by atoms with Gasteiger partial charge in [-0.2, -0.15) is 0 Å². The summed E-state index contributed by atoms with van der Waals surface area (Å²) in [5, 5.41) is 3.42. The number of rotatable bonds is 5. The predicted molar refractivity (Wildman–Crippen MR) is 80.8 cm³/mol. The van der Waals surface area contributed by atoms with Gasteiger partial charge in [-0.05, 0) is 46.0 Å². The third kappa shape index (κ3) is 4.43. The number of hydrogen-bond acceptors (Lipinski definition) is 4. The largest absolute Gasteiger partial charge is 0.466 e. The van der Waals surface area contributed by atoms with Crippen LogP contribution in [-0.4, -0.2) is 48.6 Å². The Kier molecular flexibility index (Phi) is 6.03. The van der Waals surface area contributed by atoms with Gasteiger partial charge in [0.2, 0.25) is 5.91 Å². The molecule has 0 spiro atoms. The summed E-state index contributed by atoms with van der Waals surface area (Å²) in [6.45, 7) is 6.00. The molecule has 0 aromatic rings. The molecule has 21 heavy (non-hydrogen) atoms. The Morgan fingerprint density at radius 1 is 1.24 bits per heavy atom. The summed E-state index contributed by atoms with van der Waals surface area (Å²) in [7, 11) is 0. The Hall–Kier alpha value is -1.10. The normalized spacial score (nSPS) is 27.4. The minimum absolute atomic E-state index is 0.00899. The molecule has 1 aliphatic carbocycles. The van der Waals surface area contributed by atoms with E-state index in [2.05, 4.69) is 5.32 Å². The highest BCUT2D eigenvalue weighted by Crippen LogP contribution is 2.26. The SMILES string of the molecule is CCOC(=O)C1CCCC(NC(C)C(=O)N2CCCC2)C1. The van der Waals surface area contributed by atoms with Gasteiger partial charge in [-0.3, -0.25) is 9.59 Å². The van der Waals surface area contributed by atoms with E-state index in [9.17, 15) is 9.59 Å². The fraction of sp³-hybridized carbons (Fsp3) is 0.875. The summed E-state index contributed by atoms with van der Waals surface area (Å²) in [5.74, 6) is 0.110. The zero-order chi connectivity index (χ0) is 15.2. The van der Waals surface area contributed by atoms with Crippen LogP contribution in [0.15, 0.2) is 0 Å². The molecule has 1 amide bonds. The van der Waals surface area contributed by atoms with E-state index in [1.54, 1.807) is 0 Å². The van der Waals surface area contributed by atoms with Gasteiger partial charge < -0.3 is 15.0 Å². The molecule has 5 nitrogen and oxygen atoms in total. The average Bonchev–Trinajstić information content (AvgIpc) is 3.01. The van der Waals surface area contributed by atoms with Gasteiger partial charge in [-0.1, -0.05) is 6.42 Å². The number of amides is 1. The molecule has 3 atom stereocenters. The number of hydrogen-bond donors (Lipinski definition) is 1. The van der Waals surface area contributed by atoms with Crippen molar-refractivity contribution in [2.24, 2.45) is 5.92 Å². The zero-order valence-corrected chi connectivity index (χ0v) is 13.3. The third-order valence-corrected chi connectivity index (χ3v) is 4.57. The number of carbonyl (C=O) groups excluding carboxylic acids is 2. The lowest BCUT2D eigenvalue weighted by atomic mass is 9.85. The van der Waals surface area contributed by atoms with Crippen molar-refractivity contribution in [1.82, 2.24) is 10.2 Å². The Balaban J connectivity index is 1.81. The van der Waals surface area contributed by atoms with Crippen LogP contribution in [0.3, 0.4) is 0 Å². The van der Waals surface area contributed by atoms with Gasteiger partial charge in [-0.15, -0.1) is 0 Å². The first-order valence-corrected chi connectivity index (χ1v) is 8.33. The molecule has 2 fully saturated rings. The average molecular weight is 296 g/mol. The summed E-state index contributed by atoms with van der Waals surface area (Å²) in [5.41, 5.74) is 0. The number of carbonyl (C=O) groups is 2. The standard InChI is InChI=1S/C16H28N2O3/c1-3-21-16(20)13-7-6-8-14(11-13)17-12(2)15(19)18-9-4-5-10-18/h12-14,17H,3-11H2,1-2H3. The van der Waals surface area contributed by atoms with Crippen LogP contribution in [0.5, 0.6) is 0 Å². The summed E-state index contributed by atoms with van der Waals surface area (Å²) in [6.07, 6.45) is 5.99. The Labute approximate surface area is 127 Å². The molecular formula is C16H28N2O3. The molecule has 1 saturated heterocycles. The van der Waals surface area contributed by atoms with E-state index in [0.717, 1.165) is 51.6 Å². The monoisotopic (exact) mass is 296 g/mol. The molecule has 1 N–H and O–H groups in total. The van der Waals surface area contributed by atoms with Gasteiger partial charge >= 0.3 is 5.97 Å². The van der Waals surface area contributed by atoms with Gasteiger partial charge in [0, 0.05) is 19.1 Å². The van der Waals surface area contributed by atoms with Crippen molar-refractivity contribution >= 4 is 11.9 Å². The number of likely N-dealkylation sites (tertiary alicyclic amines) is 1. The fourth-order valence-electron chi connectivity index (χ4n) is 3.45. The number of ether oxygens (including phenoxy) is 1. The molecular weight excluding hydrogens is 268 g/mol. The van der Waals surface area contributed by atoms with Crippen LogP contribution >= 0.6 is 0 Å². The lowest BCUT2D eigenvalue weighted by Crippen LogP contribution is -2.49. The van der Waals surface area contributed by atoms with Crippen molar-refractivity contribution in [1.29, 1.82) is 0 Å². The Morgan fingerprint density at radius 2 is 1.95 bits per heavy atom. The maximum Gasteiger partial charge on any atom is 0.308 e. The molecule has 0 aromatic heterocycles. The molecule has 2 rings (SSSR count). The first kappa shape index (κ1) is 16.3. The Morgan fingerprint density at radius 3 is 2.62 bits per heavy atom. The second-order valence-corrected chi connectivity index (χ2v) is 6.23. The smallest absolute Gasteiger partial charge is 0.308 e. The number of nitrogens with zero attached hydrogens (tertiary/aromatic N) is 1. The first-order chi connectivity index (χ1) is 10.1. The van der Waals surface area contributed by atoms with E-state index < -0.39 is 0 Å². The maximum atomic E-state index is 12.3. The number of esters is 1. The van der Waals surface area contributed by atoms with Crippen LogP contribution in [0.2, 0.25) is 0 Å². The van der Waals surface area contributed by atoms with Crippen molar-refractivity contribution in [3.05, 3.63) is 0 Å². The molecule has 3 unspecified atom stereocenters. The molecule has 1 aliphatic heterocycles. The van der Waals surface area contributed by atoms with Crippen LogP contribution in [0.1, 0.15) is 52.4 Å². The van der Waals surface area contributed by atoms with Crippen molar-refractivity contribution in [3.63, 3.8) is 0 Å². The van der Waals surface area contributed by atoms with Crippen molar-refractivity contribution in [2.45, 2.75) is 64.5 Å². The third-order valence-electron chi connectivity index (χ3n) is 4.57. The van der Waals surface area contributed by atoms with Crippen LogP contribution in [0.4, 0.5) is 0 Å². The first-order valence-electron chi connectivity index (χ1n) is 8.33. The van der Waals surface area contributed by atoms with Crippen molar-refractivity contribution < 1.29 is 14.3 Å². The van der Waals surface area contributed by atoms with Gasteiger partial charge in [0.15, 0.2) is 0 Å². The van der Waals surface area contributed by atoms with Crippen LogP contribution in [0, 0.1) is 5.92 Å². The molecule has 5 heteroatoms. The summed E-state index contributed by atoms with van der Waals surface area (Å²) in [4.78, 5) is 26.1. The van der Waals surface area contributed by atoms with Crippen LogP contribution < -0.4 is 5.32 Å². The topological polar surface area (TPSA) is 58.6 Å². The van der Waals surface area contributed by atoms with E-state index in [1.165, 1.54) is 0 Å². The van der Waals surface area contributed by atoms with E-state index >= 15 is 0 Å². The molecule has 0 bridgehead atoms. The lowest BCUT2D eigenvalue weighted by molar-refractivity contribution is -0.149. The van der Waals surface area contributed by atoms with Crippen molar-refractivity contribution in [3.8, 4) is 0 Å².